The van der Waals surface area contributed by atoms with E-state index in [1.807, 2.05) is 31.2 Å². The first-order valence-electron chi connectivity index (χ1n) is 6.88. The number of anilines is 1. The number of Topliss-reactive ketones (excluding diaryl/α,β-unsaturated/α-hetero) is 1. The van der Waals surface area contributed by atoms with Crippen molar-refractivity contribution < 1.29 is 9.53 Å². The van der Waals surface area contributed by atoms with Gasteiger partial charge < -0.3 is 10.5 Å². The maximum Gasteiger partial charge on any atom is 0.220 e. The van der Waals surface area contributed by atoms with Crippen LogP contribution in [0.2, 0.25) is 0 Å². The van der Waals surface area contributed by atoms with Crippen LogP contribution in [0.3, 0.4) is 0 Å². The Morgan fingerprint density at radius 1 is 1.19 bits per heavy atom. The Kier molecular flexibility index (Phi) is 3.33. The molecule has 5 nitrogen and oxygen atoms in total. The first-order chi connectivity index (χ1) is 10.1. The standard InChI is InChI=1S/C16H17N3O2/c1-9-15-13(19-16(17)18-9)7-11(8-14(15)20)10-3-5-12(21-2)6-4-10/h3-6,11H,7-8H2,1-2H3,(H2,17,18,19)/t11-/m1/s1. The van der Waals surface area contributed by atoms with Crippen LogP contribution in [0.25, 0.3) is 0 Å². The van der Waals surface area contributed by atoms with Crippen molar-refractivity contribution in [3.8, 4) is 5.75 Å². The summed E-state index contributed by atoms with van der Waals surface area (Å²) in [6.07, 6.45) is 1.19. The number of nitrogen functional groups attached to an aromatic ring is 1. The number of aromatic nitrogens is 2. The van der Waals surface area contributed by atoms with Crippen molar-refractivity contribution in [1.29, 1.82) is 0 Å². The molecule has 2 N–H and O–H groups in total. The van der Waals surface area contributed by atoms with E-state index < -0.39 is 0 Å². The number of rotatable bonds is 2. The smallest absolute Gasteiger partial charge is 0.220 e. The molecule has 0 spiro atoms. The molecule has 0 bridgehead atoms. The molecule has 1 aliphatic carbocycles. The average molecular weight is 283 g/mol. The molecular weight excluding hydrogens is 266 g/mol. The molecule has 1 aliphatic rings. The van der Waals surface area contributed by atoms with Gasteiger partial charge in [0, 0.05) is 6.42 Å². The van der Waals surface area contributed by atoms with E-state index in [2.05, 4.69) is 9.97 Å². The molecule has 2 aromatic rings. The van der Waals surface area contributed by atoms with Crippen molar-refractivity contribution in [2.75, 3.05) is 12.8 Å². The van der Waals surface area contributed by atoms with Gasteiger partial charge in [-0.25, -0.2) is 9.97 Å². The monoisotopic (exact) mass is 283 g/mol. The van der Waals surface area contributed by atoms with Gasteiger partial charge in [0.15, 0.2) is 5.78 Å². The van der Waals surface area contributed by atoms with Gasteiger partial charge in [0.1, 0.15) is 5.75 Å². The third-order valence-electron chi connectivity index (χ3n) is 3.92. The van der Waals surface area contributed by atoms with Gasteiger partial charge in [-0.05, 0) is 37.0 Å². The number of ketones is 1. The average Bonchev–Trinajstić information content (AvgIpc) is 2.46. The zero-order chi connectivity index (χ0) is 15.0. The maximum absolute atomic E-state index is 12.4. The summed E-state index contributed by atoms with van der Waals surface area (Å²) in [4.78, 5) is 20.7. The molecule has 0 fully saturated rings. The molecule has 0 aliphatic heterocycles. The molecule has 0 saturated heterocycles. The number of carbonyl (C=O) groups excluding carboxylic acids is 1. The van der Waals surface area contributed by atoms with Crippen LogP contribution in [0, 0.1) is 6.92 Å². The topological polar surface area (TPSA) is 78.1 Å². The molecule has 0 amide bonds. The fraction of sp³-hybridized carbons (Fsp3) is 0.312. The van der Waals surface area contributed by atoms with E-state index in [4.69, 9.17) is 10.5 Å². The summed E-state index contributed by atoms with van der Waals surface area (Å²) in [5, 5.41) is 0. The van der Waals surface area contributed by atoms with E-state index in [-0.39, 0.29) is 17.6 Å². The van der Waals surface area contributed by atoms with Crippen LogP contribution >= 0.6 is 0 Å². The van der Waals surface area contributed by atoms with Gasteiger partial charge in [0.05, 0.1) is 24.1 Å². The molecule has 108 valence electrons. The third kappa shape index (κ3) is 2.46. The Labute approximate surface area is 123 Å². The number of fused-ring (bicyclic) bond motifs is 1. The number of methoxy groups -OCH3 is 1. The molecule has 1 aromatic carbocycles. The predicted octanol–water partition coefficient (Wildman–Crippen LogP) is 2.29. The van der Waals surface area contributed by atoms with Gasteiger partial charge in [-0.3, -0.25) is 4.79 Å². The lowest BCUT2D eigenvalue weighted by Gasteiger charge is -2.24. The minimum Gasteiger partial charge on any atom is -0.497 e. The minimum absolute atomic E-state index is 0.0922. The highest BCUT2D eigenvalue weighted by Gasteiger charge is 2.29. The van der Waals surface area contributed by atoms with E-state index in [1.165, 1.54) is 0 Å². The number of hydrogen-bond acceptors (Lipinski definition) is 5. The van der Waals surface area contributed by atoms with Gasteiger partial charge >= 0.3 is 0 Å². The Morgan fingerprint density at radius 3 is 2.57 bits per heavy atom. The second kappa shape index (κ2) is 5.16. The molecule has 1 heterocycles. The predicted molar refractivity (Wildman–Crippen MR) is 79.6 cm³/mol. The van der Waals surface area contributed by atoms with E-state index in [0.29, 0.717) is 24.1 Å². The normalized spacial score (nSPS) is 17.4. The molecule has 0 unspecified atom stereocenters. The number of nitrogens with two attached hydrogens (primary N) is 1. The van der Waals surface area contributed by atoms with E-state index in [1.54, 1.807) is 7.11 Å². The summed E-state index contributed by atoms with van der Waals surface area (Å²) in [6.45, 7) is 1.81. The SMILES string of the molecule is COc1ccc([C@H]2CC(=O)c3c(C)nc(N)nc3C2)cc1. The van der Waals surface area contributed by atoms with Crippen molar-refractivity contribution in [2.45, 2.75) is 25.7 Å². The van der Waals surface area contributed by atoms with Crippen molar-refractivity contribution in [3.05, 3.63) is 46.8 Å². The van der Waals surface area contributed by atoms with E-state index >= 15 is 0 Å². The van der Waals surface area contributed by atoms with Crippen LogP contribution in [0.1, 0.15) is 39.6 Å². The summed E-state index contributed by atoms with van der Waals surface area (Å²) in [7, 11) is 1.64. The third-order valence-corrected chi connectivity index (χ3v) is 3.92. The van der Waals surface area contributed by atoms with Crippen molar-refractivity contribution in [1.82, 2.24) is 9.97 Å². The van der Waals surface area contributed by atoms with Crippen molar-refractivity contribution >= 4 is 11.7 Å². The maximum atomic E-state index is 12.4. The van der Waals surface area contributed by atoms with Crippen LogP contribution in [-0.4, -0.2) is 22.9 Å². The van der Waals surface area contributed by atoms with Crippen molar-refractivity contribution in [3.63, 3.8) is 0 Å². The number of benzene rings is 1. The highest BCUT2D eigenvalue weighted by Crippen LogP contribution is 2.33. The molecule has 21 heavy (non-hydrogen) atoms. The second-order valence-electron chi connectivity index (χ2n) is 5.29. The largest absolute Gasteiger partial charge is 0.497 e. The van der Waals surface area contributed by atoms with Crippen molar-refractivity contribution in [2.24, 2.45) is 0 Å². The summed E-state index contributed by atoms with van der Waals surface area (Å²) in [6, 6.07) is 7.82. The molecular formula is C16H17N3O2. The number of nitrogens with zero attached hydrogens (tertiary/aromatic N) is 2. The lowest BCUT2D eigenvalue weighted by atomic mass is 9.81. The Morgan fingerprint density at radius 2 is 1.90 bits per heavy atom. The van der Waals surface area contributed by atoms with Crippen LogP contribution in [-0.2, 0) is 6.42 Å². The number of aryl methyl sites for hydroxylation is 1. The Hall–Kier alpha value is -2.43. The molecule has 0 radical (unpaired) electrons. The van der Waals surface area contributed by atoms with E-state index in [9.17, 15) is 4.79 Å². The Balaban J connectivity index is 1.95. The lowest BCUT2D eigenvalue weighted by Crippen LogP contribution is -2.22. The number of ether oxygens (including phenoxy) is 1. The van der Waals surface area contributed by atoms with Gasteiger partial charge in [-0.2, -0.15) is 0 Å². The molecule has 0 saturated carbocycles. The van der Waals surface area contributed by atoms with Crippen LogP contribution in [0.5, 0.6) is 5.75 Å². The quantitative estimate of drug-likeness (QED) is 0.914. The summed E-state index contributed by atoms with van der Waals surface area (Å²) in [5.41, 5.74) is 8.90. The fourth-order valence-electron chi connectivity index (χ4n) is 2.91. The van der Waals surface area contributed by atoms with Gasteiger partial charge in [0.2, 0.25) is 5.95 Å². The number of carbonyl (C=O) groups is 1. The van der Waals surface area contributed by atoms with Crippen LogP contribution in [0.4, 0.5) is 5.95 Å². The van der Waals surface area contributed by atoms with Gasteiger partial charge in [-0.1, -0.05) is 12.1 Å². The minimum atomic E-state index is 0.0922. The fourth-order valence-corrected chi connectivity index (χ4v) is 2.91. The first kappa shape index (κ1) is 13.5. The van der Waals surface area contributed by atoms with E-state index in [0.717, 1.165) is 17.0 Å². The highest BCUT2D eigenvalue weighted by molar-refractivity contribution is 5.99. The zero-order valence-electron chi connectivity index (χ0n) is 12.1. The zero-order valence-corrected chi connectivity index (χ0v) is 12.1. The van der Waals surface area contributed by atoms with Crippen LogP contribution in [0.15, 0.2) is 24.3 Å². The lowest BCUT2D eigenvalue weighted by molar-refractivity contribution is 0.0962. The molecule has 1 atom stereocenters. The first-order valence-corrected chi connectivity index (χ1v) is 6.88. The molecule has 3 rings (SSSR count). The number of hydrogen-bond donors (Lipinski definition) is 1. The summed E-state index contributed by atoms with van der Waals surface area (Å²) in [5.74, 6) is 1.26. The highest BCUT2D eigenvalue weighted by atomic mass is 16.5. The van der Waals surface area contributed by atoms with Gasteiger partial charge in [0.25, 0.3) is 0 Å². The molecule has 1 aromatic heterocycles. The molecule has 5 heteroatoms. The van der Waals surface area contributed by atoms with Gasteiger partial charge in [-0.15, -0.1) is 0 Å². The Bertz CT molecular complexity index is 695. The summed E-state index contributed by atoms with van der Waals surface area (Å²) < 4.78 is 5.16. The summed E-state index contributed by atoms with van der Waals surface area (Å²) >= 11 is 0. The van der Waals surface area contributed by atoms with Crippen LogP contribution < -0.4 is 10.5 Å². The second-order valence-corrected chi connectivity index (χ2v) is 5.29.